The van der Waals surface area contributed by atoms with Crippen LogP contribution in [0.1, 0.15) is 13.8 Å². The number of carbonyl (C=O) groups is 1. The third-order valence-electron chi connectivity index (χ3n) is 3.07. The van der Waals surface area contributed by atoms with Crippen LogP contribution in [0, 0.1) is 5.92 Å². The van der Waals surface area contributed by atoms with Gasteiger partial charge in [-0.2, -0.15) is 0 Å². The molecule has 0 radical (unpaired) electrons. The van der Waals surface area contributed by atoms with Crippen molar-refractivity contribution in [3.63, 3.8) is 0 Å². The highest BCUT2D eigenvalue weighted by atomic mass is 16.5. The SMILES string of the molecule is COCCN(CC(C)C)C(=O)CN1CCNCC1. The normalized spacial score (nSPS) is 17.1. The molecule has 106 valence electrons. The molecular weight excluding hydrogens is 230 g/mol. The van der Waals surface area contributed by atoms with E-state index in [2.05, 4.69) is 24.1 Å². The highest BCUT2D eigenvalue weighted by molar-refractivity contribution is 5.78. The zero-order valence-electron chi connectivity index (χ0n) is 11.9. The van der Waals surface area contributed by atoms with E-state index in [0.29, 0.717) is 25.6 Å². The van der Waals surface area contributed by atoms with E-state index in [4.69, 9.17) is 4.74 Å². The number of nitrogens with zero attached hydrogens (tertiary/aromatic N) is 2. The van der Waals surface area contributed by atoms with E-state index in [1.54, 1.807) is 7.11 Å². The lowest BCUT2D eigenvalue weighted by molar-refractivity contribution is -0.133. The summed E-state index contributed by atoms with van der Waals surface area (Å²) in [7, 11) is 1.67. The van der Waals surface area contributed by atoms with Gasteiger partial charge in [0.05, 0.1) is 13.2 Å². The Balaban J connectivity index is 2.40. The van der Waals surface area contributed by atoms with Crippen LogP contribution < -0.4 is 5.32 Å². The monoisotopic (exact) mass is 257 g/mol. The topological polar surface area (TPSA) is 44.8 Å². The first-order valence-electron chi connectivity index (χ1n) is 6.83. The predicted molar refractivity (Wildman–Crippen MR) is 72.6 cm³/mol. The minimum absolute atomic E-state index is 0.225. The van der Waals surface area contributed by atoms with Crippen LogP contribution in [0.2, 0.25) is 0 Å². The van der Waals surface area contributed by atoms with Crippen molar-refractivity contribution in [1.82, 2.24) is 15.1 Å². The van der Waals surface area contributed by atoms with E-state index >= 15 is 0 Å². The van der Waals surface area contributed by atoms with Crippen LogP contribution in [-0.4, -0.2) is 75.2 Å². The van der Waals surface area contributed by atoms with Gasteiger partial charge in [0.15, 0.2) is 0 Å². The lowest BCUT2D eigenvalue weighted by atomic mass is 10.2. The molecule has 1 amide bonds. The third kappa shape index (κ3) is 5.80. The molecule has 1 aliphatic heterocycles. The molecule has 0 aliphatic carbocycles. The molecule has 0 atom stereocenters. The Morgan fingerprint density at radius 3 is 2.61 bits per heavy atom. The van der Waals surface area contributed by atoms with Gasteiger partial charge in [-0.3, -0.25) is 9.69 Å². The number of rotatable bonds is 7. The molecule has 0 unspecified atom stereocenters. The summed E-state index contributed by atoms with van der Waals surface area (Å²) in [6.45, 7) is 10.8. The van der Waals surface area contributed by atoms with Crippen molar-refractivity contribution < 1.29 is 9.53 Å². The van der Waals surface area contributed by atoms with Crippen molar-refractivity contribution >= 4 is 5.91 Å². The molecule has 1 aliphatic rings. The van der Waals surface area contributed by atoms with Crippen LogP contribution in [0.5, 0.6) is 0 Å². The Morgan fingerprint density at radius 1 is 1.39 bits per heavy atom. The van der Waals surface area contributed by atoms with Crippen molar-refractivity contribution in [3.05, 3.63) is 0 Å². The molecule has 1 saturated heterocycles. The molecular formula is C13H27N3O2. The Kier molecular flexibility index (Phi) is 7.23. The largest absolute Gasteiger partial charge is 0.383 e. The average Bonchev–Trinajstić information content (AvgIpc) is 2.35. The first kappa shape index (κ1) is 15.4. The molecule has 1 fully saturated rings. The summed E-state index contributed by atoms with van der Waals surface area (Å²) in [6.07, 6.45) is 0. The van der Waals surface area contributed by atoms with Crippen molar-refractivity contribution in [1.29, 1.82) is 0 Å². The van der Waals surface area contributed by atoms with E-state index in [1.807, 2.05) is 4.90 Å². The maximum absolute atomic E-state index is 12.3. The number of carbonyl (C=O) groups excluding carboxylic acids is 1. The maximum Gasteiger partial charge on any atom is 0.236 e. The Hall–Kier alpha value is -0.650. The molecule has 5 nitrogen and oxygen atoms in total. The zero-order valence-corrected chi connectivity index (χ0v) is 11.9. The molecule has 0 aromatic carbocycles. The minimum atomic E-state index is 0.225. The molecule has 0 bridgehead atoms. The molecule has 0 saturated carbocycles. The molecule has 5 heteroatoms. The van der Waals surface area contributed by atoms with Gasteiger partial charge in [0, 0.05) is 46.4 Å². The van der Waals surface area contributed by atoms with Crippen LogP contribution in [0.25, 0.3) is 0 Å². The smallest absolute Gasteiger partial charge is 0.236 e. The summed E-state index contributed by atoms with van der Waals surface area (Å²) in [5.41, 5.74) is 0. The highest BCUT2D eigenvalue weighted by Crippen LogP contribution is 2.02. The first-order chi connectivity index (χ1) is 8.63. The van der Waals surface area contributed by atoms with Gasteiger partial charge in [0.2, 0.25) is 5.91 Å². The van der Waals surface area contributed by atoms with Crippen LogP contribution in [-0.2, 0) is 9.53 Å². The van der Waals surface area contributed by atoms with Gasteiger partial charge < -0.3 is 15.0 Å². The predicted octanol–water partition coefficient (Wildman–Crippen LogP) is 0.0226. The van der Waals surface area contributed by atoms with Crippen molar-refractivity contribution in [2.75, 3.05) is 59.5 Å². The number of hydrogen-bond donors (Lipinski definition) is 1. The second kappa shape index (κ2) is 8.45. The summed E-state index contributed by atoms with van der Waals surface area (Å²) in [5.74, 6) is 0.719. The summed E-state index contributed by atoms with van der Waals surface area (Å²) in [5, 5.41) is 3.30. The minimum Gasteiger partial charge on any atom is -0.383 e. The van der Waals surface area contributed by atoms with Gasteiger partial charge in [0.1, 0.15) is 0 Å². The van der Waals surface area contributed by atoms with E-state index < -0.39 is 0 Å². The Bertz CT molecular complexity index is 240. The van der Waals surface area contributed by atoms with E-state index in [1.165, 1.54) is 0 Å². The Morgan fingerprint density at radius 2 is 2.06 bits per heavy atom. The third-order valence-corrected chi connectivity index (χ3v) is 3.07. The number of piperazine rings is 1. The second-order valence-corrected chi connectivity index (χ2v) is 5.25. The van der Waals surface area contributed by atoms with Gasteiger partial charge in [0.25, 0.3) is 0 Å². The molecule has 18 heavy (non-hydrogen) atoms. The fourth-order valence-corrected chi connectivity index (χ4v) is 2.12. The van der Waals surface area contributed by atoms with Crippen molar-refractivity contribution in [3.8, 4) is 0 Å². The average molecular weight is 257 g/mol. The number of amides is 1. The molecule has 0 spiro atoms. The summed E-state index contributed by atoms with van der Waals surface area (Å²) >= 11 is 0. The molecule has 1 rings (SSSR count). The van der Waals surface area contributed by atoms with Crippen LogP contribution in [0.4, 0.5) is 0 Å². The van der Waals surface area contributed by atoms with Crippen molar-refractivity contribution in [2.24, 2.45) is 5.92 Å². The number of ether oxygens (including phenoxy) is 1. The van der Waals surface area contributed by atoms with Gasteiger partial charge in [-0.25, -0.2) is 0 Å². The van der Waals surface area contributed by atoms with Gasteiger partial charge in [-0.05, 0) is 5.92 Å². The Labute approximate surface area is 110 Å². The highest BCUT2D eigenvalue weighted by Gasteiger charge is 2.19. The van der Waals surface area contributed by atoms with Gasteiger partial charge in [-0.15, -0.1) is 0 Å². The van der Waals surface area contributed by atoms with Crippen LogP contribution in [0.3, 0.4) is 0 Å². The molecule has 0 aromatic heterocycles. The molecule has 1 heterocycles. The van der Waals surface area contributed by atoms with Crippen LogP contribution >= 0.6 is 0 Å². The number of methoxy groups -OCH3 is 1. The standard InChI is InChI=1S/C13H27N3O2/c1-12(2)10-16(8-9-18-3)13(17)11-15-6-4-14-5-7-15/h12,14H,4-11H2,1-3H3. The molecule has 0 aromatic rings. The number of nitrogens with one attached hydrogen (secondary N) is 1. The quantitative estimate of drug-likeness (QED) is 0.698. The van der Waals surface area contributed by atoms with E-state index in [9.17, 15) is 4.79 Å². The summed E-state index contributed by atoms with van der Waals surface area (Å²) < 4.78 is 5.08. The van der Waals surface area contributed by atoms with Crippen LogP contribution in [0.15, 0.2) is 0 Å². The first-order valence-corrected chi connectivity index (χ1v) is 6.83. The second-order valence-electron chi connectivity index (χ2n) is 5.25. The fourth-order valence-electron chi connectivity index (χ4n) is 2.12. The fraction of sp³-hybridized carbons (Fsp3) is 0.923. The molecule has 1 N–H and O–H groups in total. The maximum atomic E-state index is 12.3. The van der Waals surface area contributed by atoms with E-state index in [-0.39, 0.29) is 5.91 Å². The van der Waals surface area contributed by atoms with Crippen molar-refractivity contribution in [2.45, 2.75) is 13.8 Å². The summed E-state index contributed by atoms with van der Waals surface area (Å²) in [4.78, 5) is 16.4. The lowest BCUT2D eigenvalue weighted by Gasteiger charge is -2.30. The number of hydrogen-bond acceptors (Lipinski definition) is 4. The zero-order chi connectivity index (χ0) is 13.4. The van der Waals surface area contributed by atoms with E-state index in [0.717, 1.165) is 32.7 Å². The lowest BCUT2D eigenvalue weighted by Crippen LogP contribution is -2.49. The van der Waals surface area contributed by atoms with Gasteiger partial charge >= 0.3 is 0 Å². The van der Waals surface area contributed by atoms with Gasteiger partial charge in [-0.1, -0.05) is 13.8 Å². The summed E-state index contributed by atoms with van der Waals surface area (Å²) in [6, 6.07) is 0.